The second-order valence-corrected chi connectivity index (χ2v) is 5.46. The van der Waals surface area contributed by atoms with Gasteiger partial charge in [-0.2, -0.15) is 0 Å². The Hall–Kier alpha value is -2.82. The molecule has 1 aliphatic heterocycles. The first-order chi connectivity index (χ1) is 11.1. The molecule has 0 spiro atoms. The van der Waals surface area contributed by atoms with Crippen LogP contribution in [-0.4, -0.2) is 29.9 Å². The molecular formula is C18H18N2O3. The van der Waals surface area contributed by atoms with Gasteiger partial charge in [-0.25, -0.2) is 0 Å². The first-order valence-electron chi connectivity index (χ1n) is 7.44. The standard InChI is InChI=1S/C18H18N2O3/c1-12(17(21)19-15-9-5-6-10-16(15)23-2)20-11-13-7-3-4-8-14(13)18(20)22/h3-10,12H,11H2,1-2H3,(H,19,21). The summed E-state index contributed by atoms with van der Waals surface area (Å²) in [5.41, 5.74) is 2.22. The van der Waals surface area contributed by atoms with Crippen LogP contribution in [0.1, 0.15) is 22.8 Å². The molecular weight excluding hydrogens is 292 g/mol. The lowest BCUT2D eigenvalue weighted by Gasteiger charge is -2.23. The summed E-state index contributed by atoms with van der Waals surface area (Å²) >= 11 is 0. The van der Waals surface area contributed by atoms with Crippen LogP contribution in [0.5, 0.6) is 5.75 Å². The predicted molar refractivity (Wildman–Crippen MR) is 87.4 cm³/mol. The zero-order chi connectivity index (χ0) is 16.4. The molecule has 3 rings (SSSR count). The van der Waals surface area contributed by atoms with E-state index in [1.165, 1.54) is 0 Å². The van der Waals surface area contributed by atoms with Gasteiger partial charge in [-0.05, 0) is 30.7 Å². The van der Waals surface area contributed by atoms with Crippen LogP contribution >= 0.6 is 0 Å². The van der Waals surface area contributed by atoms with Gasteiger partial charge in [0.15, 0.2) is 0 Å². The summed E-state index contributed by atoms with van der Waals surface area (Å²) in [7, 11) is 1.55. The number of fused-ring (bicyclic) bond motifs is 1. The third kappa shape index (κ3) is 2.77. The number of amides is 2. The summed E-state index contributed by atoms with van der Waals surface area (Å²) in [6, 6.07) is 14.1. The molecule has 1 heterocycles. The monoisotopic (exact) mass is 310 g/mol. The third-order valence-corrected chi connectivity index (χ3v) is 4.06. The summed E-state index contributed by atoms with van der Waals surface area (Å²) in [5.74, 6) is 0.239. The Labute approximate surface area is 134 Å². The summed E-state index contributed by atoms with van der Waals surface area (Å²) in [6.07, 6.45) is 0. The van der Waals surface area contributed by atoms with E-state index in [1.807, 2.05) is 30.3 Å². The van der Waals surface area contributed by atoms with Gasteiger partial charge >= 0.3 is 0 Å². The van der Waals surface area contributed by atoms with Gasteiger partial charge in [0, 0.05) is 12.1 Å². The van der Waals surface area contributed by atoms with Crippen LogP contribution in [0.2, 0.25) is 0 Å². The zero-order valence-corrected chi connectivity index (χ0v) is 13.1. The van der Waals surface area contributed by atoms with E-state index in [-0.39, 0.29) is 11.8 Å². The lowest BCUT2D eigenvalue weighted by Crippen LogP contribution is -2.42. The number of anilines is 1. The first-order valence-corrected chi connectivity index (χ1v) is 7.44. The van der Waals surface area contributed by atoms with Crippen molar-refractivity contribution in [1.29, 1.82) is 0 Å². The molecule has 0 aromatic heterocycles. The van der Waals surface area contributed by atoms with Crippen molar-refractivity contribution in [3.05, 3.63) is 59.7 Å². The van der Waals surface area contributed by atoms with Crippen molar-refractivity contribution < 1.29 is 14.3 Å². The average Bonchev–Trinajstić information content (AvgIpc) is 2.92. The molecule has 118 valence electrons. The molecule has 0 aliphatic carbocycles. The number of rotatable bonds is 4. The Balaban J connectivity index is 1.75. The fourth-order valence-electron chi connectivity index (χ4n) is 2.72. The van der Waals surface area contributed by atoms with E-state index in [0.29, 0.717) is 23.5 Å². The minimum atomic E-state index is -0.570. The maximum Gasteiger partial charge on any atom is 0.255 e. The summed E-state index contributed by atoms with van der Waals surface area (Å²) in [5, 5.41) is 2.83. The maximum atomic E-state index is 12.5. The second-order valence-electron chi connectivity index (χ2n) is 5.46. The molecule has 0 saturated heterocycles. The van der Waals surface area contributed by atoms with Crippen molar-refractivity contribution in [3.8, 4) is 5.75 Å². The highest BCUT2D eigenvalue weighted by atomic mass is 16.5. The van der Waals surface area contributed by atoms with Crippen LogP contribution in [0, 0.1) is 0 Å². The molecule has 1 aliphatic rings. The zero-order valence-electron chi connectivity index (χ0n) is 13.1. The van der Waals surface area contributed by atoms with Crippen LogP contribution in [0.4, 0.5) is 5.69 Å². The molecule has 2 amide bonds. The Morgan fingerprint density at radius 3 is 2.61 bits per heavy atom. The molecule has 1 unspecified atom stereocenters. The van der Waals surface area contributed by atoms with Crippen LogP contribution in [0.25, 0.3) is 0 Å². The topological polar surface area (TPSA) is 58.6 Å². The molecule has 1 N–H and O–H groups in total. The van der Waals surface area contributed by atoms with E-state index in [2.05, 4.69) is 5.32 Å². The van der Waals surface area contributed by atoms with Gasteiger partial charge < -0.3 is 15.0 Å². The molecule has 5 heteroatoms. The number of nitrogens with zero attached hydrogens (tertiary/aromatic N) is 1. The van der Waals surface area contributed by atoms with Gasteiger partial charge in [-0.3, -0.25) is 9.59 Å². The van der Waals surface area contributed by atoms with Crippen molar-refractivity contribution in [2.24, 2.45) is 0 Å². The smallest absolute Gasteiger partial charge is 0.255 e. The van der Waals surface area contributed by atoms with E-state index < -0.39 is 6.04 Å². The van der Waals surface area contributed by atoms with Crippen molar-refractivity contribution >= 4 is 17.5 Å². The molecule has 0 saturated carbocycles. The molecule has 1 atom stereocenters. The quantitative estimate of drug-likeness (QED) is 0.944. The van der Waals surface area contributed by atoms with Crippen LogP contribution in [0.15, 0.2) is 48.5 Å². The minimum absolute atomic E-state index is 0.108. The van der Waals surface area contributed by atoms with E-state index in [1.54, 1.807) is 37.1 Å². The normalized spacial score (nSPS) is 14.3. The van der Waals surface area contributed by atoms with Gasteiger partial charge in [0.05, 0.1) is 12.8 Å². The summed E-state index contributed by atoms with van der Waals surface area (Å²) < 4.78 is 5.23. The molecule has 0 fully saturated rings. The lowest BCUT2D eigenvalue weighted by atomic mass is 10.1. The summed E-state index contributed by atoms with van der Waals surface area (Å²) in [4.78, 5) is 26.5. The number of carbonyl (C=O) groups is 2. The molecule has 2 aromatic carbocycles. The van der Waals surface area contributed by atoms with Gasteiger partial charge in [0.2, 0.25) is 5.91 Å². The Bertz CT molecular complexity index is 757. The Kier molecular flexibility index (Phi) is 4.02. The fourth-order valence-corrected chi connectivity index (χ4v) is 2.72. The average molecular weight is 310 g/mol. The number of benzene rings is 2. The van der Waals surface area contributed by atoms with Crippen molar-refractivity contribution in [2.75, 3.05) is 12.4 Å². The van der Waals surface area contributed by atoms with Gasteiger partial charge in [0.25, 0.3) is 5.91 Å². The summed E-state index contributed by atoms with van der Waals surface area (Å²) in [6.45, 7) is 2.18. The SMILES string of the molecule is COc1ccccc1NC(=O)C(C)N1Cc2ccccc2C1=O. The highest BCUT2D eigenvalue weighted by Gasteiger charge is 2.33. The van der Waals surface area contributed by atoms with E-state index in [0.717, 1.165) is 5.56 Å². The van der Waals surface area contributed by atoms with E-state index in [4.69, 9.17) is 4.74 Å². The Morgan fingerprint density at radius 2 is 1.87 bits per heavy atom. The first kappa shape index (κ1) is 15.1. The third-order valence-electron chi connectivity index (χ3n) is 4.06. The van der Waals surface area contributed by atoms with Gasteiger partial charge in [-0.15, -0.1) is 0 Å². The number of hydrogen-bond acceptors (Lipinski definition) is 3. The van der Waals surface area contributed by atoms with Crippen molar-refractivity contribution in [3.63, 3.8) is 0 Å². The second kappa shape index (κ2) is 6.12. The lowest BCUT2D eigenvalue weighted by molar-refractivity contribution is -0.120. The predicted octanol–water partition coefficient (Wildman–Crippen LogP) is 2.68. The molecule has 2 aromatic rings. The number of nitrogens with one attached hydrogen (secondary N) is 1. The van der Waals surface area contributed by atoms with Crippen LogP contribution in [-0.2, 0) is 11.3 Å². The largest absolute Gasteiger partial charge is 0.495 e. The minimum Gasteiger partial charge on any atom is -0.495 e. The molecule has 23 heavy (non-hydrogen) atoms. The van der Waals surface area contributed by atoms with E-state index in [9.17, 15) is 9.59 Å². The molecule has 0 bridgehead atoms. The van der Waals surface area contributed by atoms with Crippen molar-refractivity contribution in [1.82, 2.24) is 4.90 Å². The maximum absolute atomic E-state index is 12.5. The van der Waals surface area contributed by atoms with E-state index >= 15 is 0 Å². The molecule has 5 nitrogen and oxygen atoms in total. The number of ether oxygens (including phenoxy) is 1. The van der Waals surface area contributed by atoms with Gasteiger partial charge in [-0.1, -0.05) is 30.3 Å². The van der Waals surface area contributed by atoms with Crippen LogP contribution in [0.3, 0.4) is 0 Å². The van der Waals surface area contributed by atoms with Crippen LogP contribution < -0.4 is 10.1 Å². The van der Waals surface area contributed by atoms with Crippen molar-refractivity contribution in [2.45, 2.75) is 19.5 Å². The fraction of sp³-hybridized carbons (Fsp3) is 0.222. The number of carbonyl (C=O) groups excluding carboxylic acids is 2. The van der Waals surface area contributed by atoms with Gasteiger partial charge in [0.1, 0.15) is 11.8 Å². The highest BCUT2D eigenvalue weighted by molar-refractivity contribution is 6.03. The number of methoxy groups -OCH3 is 1. The Morgan fingerprint density at radius 1 is 1.17 bits per heavy atom. The molecule has 0 radical (unpaired) electrons. The highest BCUT2D eigenvalue weighted by Crippen LogP contribution is 2.26. The number of para-hydroxylation sites is 2. The number of hydrogen-bond donors (Lipinski definition) is 1.